The molecule has 96 valence electrons. The van der Waals surface area contributed by atoms with Crippen molar-refractivity contribution in [3.8, 4) is 11.5 Å². The van der Waals surface area contributed by atoms with Gasteiger partial charge in [0.15, 0.2) is 11.5 Å². The molecule has 0 aliphatic heterocycles. The number of halogens is 1. The molecule has 0 aliphatic carbocycles. The topological polar surface area (TPSA) is 42.6 Å². The molecule has 0 radical (unpaired) electrons. The Hall–Kier alpha value is -2.13. The van der Waals surface area contributed by atoms with E-state index in [-0.39, 0.29) is 12.4 Å². The lowest BCUT2D eigenvalue weighted by Gasteiger charge is -2.05. The first-order valence-electron chi connectivity index (χ1n) is 5.81. The van der Waals surface area contributed by atoms with Crippen LogP contribution in [0.2, 0.25) is 5.02 Å². The highest BCUT2D eigenvalue weighted by molar-refractivity contribution is 6.31. The van der Waals surface area contributed by atoms with Crippen molar-refractivity contribution in [2.75, 3.05) is 0 Å². The maximum atomic E-state index is 9.59. The van der Waals surface area contributed by atoms with Crippen LogP contribution in [-0.4, -0.2) is 5.11 Å². The van der Waals surface area contributed by atoms with Crippen LogP contribution in [-0.2, 0) is 6.61 Å². The third-order valence-electron chi connectivity index (χ3n) is 2.77. The lowest BCUT2D eigenvalue weighted by atomic mass is 10.2. The lowest BCUT2D eigenvalue weighted by Crippen LogP contribution is -1.93. The number of phenols is 1. The van der Waals surface area contributed by atoms with Crippen LogP contribution in [0.3, 0.4) is 0 Å². The molecule has 1 heterocycles. The van der Waals surface area contributed by atoms with Gasteiger partial charge < -0.3 is 14.3 Å². The fourth-order valence-electron chi connectivity index (χ4n) is 1.86. The summed E-state index contributed by atoms with van der Waals surface area (Å²) in [7, 11) is 0. The molecule has 3 rings (SSSR count). The number of hydrogen-bond donors (Lipinski definition) is 1. The average molecular weight is 275 g/mol. The summed E-state index contributed by atoms with van der Waals surface area (Å²) in [5.74, 6) is 1.23. The fourth-order valence-corrected chi connectivity index (χ4v) is 2.02. The van der Waals surface area contributed by atoms with E-state index in [1.807, 2.05) is 18.2 Å². The van der Waals surface area contributed by atoms with Crippen LogP contribution < -0.4 is 4.74 Å². The second kappa shape index (κ2) is 4.86. The molecule has 0 saturated carbocycles. The average Bonchev–Trinajstić information content (AvgIpc) is 2.79. The molecule has 2 aromatic carbocycles. The zero-order valence-corrected chi connectivity index (χ0v) is 10.7. The maximum absolute atomic E-state index is 9.59. The number of fused-ring (bicyclic) bond motifs is 1. The number of rotatable bonds is 3. The van der Waals surface area contributed by atoms with E-state index in [9.17, 15) is 5.11 Å². The number of benzene rings is 2. The predicted octanol–water partition coefficient (Wildman–Crippen LogP) is 4.37. The molecule has 0 unspecified atom stereocenters. The smallest absolute Gasteiger partial charge is 0.161 e. The van der Waals surface area contributed by atoms with Gasteiger partial charge in [-0.25, -0.2) is 0 Å². The molecule has 0 aliphatic rings. The summed E-state index contributed by atoms with van der Waals surface area (Å²) in [5, 5.41) is 11.2. The molecule has 0 fully saturated rings. The molecule has 1 aromatic heterocycles. The van der Waals surface area contributed by atoms with Crippen LogP contribution in [0, 0.1) is 0 Å². The standard InChI is InChI=1S/C15H11ClO3/c16-11-6-5-10-7-12(19-15(10)8-11)9-18-14-4-2-1-3-13(14)17/h1-8,17H,9H2. The minimum absolute atomic E-state index is 0.113. The van der Waals surface area contributed by atoms with Crippen molar-refractivity contribution >= 4 is 22.6 Å². The first kappa shape index (κ1) is 11.9. The predicted molar refractivity (Wildman–Crippen MR) is 73.7 cm³/mol. The molecule has 0 bridgehead atoms. The zero-order chi connectivity index (χ0) is 13.2. The molecule has 0 spiro atoms. The second-order valence-electron chi connectivity index (χ2n) is 4.15. The Labute approximate surface area is 115 Å². The van der Waals surface area contributed by atoms with Crippen molar-refractivity contribution in [3.05, 3.63) is 59.3 Å². The minimum Gasteiger partial charge on any atom is -0.504 e. The summed E-state index contributed by atoms with van der Waals surface area (Å²) in [4.78, 5) is 0. The number of furan rings is 1. The Kier molecular flexibility index (Phi) is 3.05. The van der Waals surface area contributed by atoms with Crippen LogP contribution in [0.5, 0.6) is 11.5 Å². The second-order valence-corrected chi connectivity index (χ2v) is 4.59. The van der Waals surface area contributed by atoms with Gasteiger partial charge >= 0.3 is 0 Å². The van der Waals surface area contributed by atoms with Gasteiger partial charge in [-0.2, -0.15) is 0 Å². The minimum atomic E-state index is 0.113. The third kappa shape index (κ3) is 2.51. The molecule has 0 amide bonds. The SMILES string of the molecule is Oc1ccccc1OCc1cc2ccc(Cl)cc2o1. The van der Waals surface area contributed by atoms with E-state index in [1.165, 1.54) is 0 Å². The normalized spacial score (nSPS) is 10.8. The zero-order valence-electron chi connectivity index (χ0n) is 9.97. The van der Waals surface area contributed by atoms with Gasteiger partial charge in [0.2, 0.25) is 0 Å². The van der Waals surface area contributed by atoms with Gasteiger partial charge in [0, 0.05) is 16.5 Å². The molecule has 0 atom stereocenters. The summed E-state index contributed by atoms with van der Waals surface area (Å²) in [6.45, 7) is 0.254. The van der Waals surface area contributed by atoms with E-state index in [2.05, 4.69) is 0 Å². The van der Waals surface area contributed by atoms with Gasteiger partial charge in [-0.05, 0) is 30.3 Å². The number of phenolic OH excluding ortho intramolecular Hbond substituents is 1. The molecular formula is C15H11ClO3. The van der Waals surface area contributed by atoms with E-state index in [4.69, 9.17) is 20.8 Å². The highest BCUT2D eigenvalue weighted by atomic mass is 35.5. The Morgan fingerprint density at radius 2 is 1.95 bits per heavy atom. The van der Waals surface area contributed by atoms with E-state index in [0.717, 1.165) is 11.0 Å². The first-order valence-corrected chi connectivity index (χ1v) is 6.19. The van der Waals surface area contributed by atoms with Crippen molar-refractivity contribution in [3.63, 3.8) is 0 Å². The molecular weight excluding hydrogens is 264 g/mol. The summed E-state index contributed by atoms with van der Waals surface area (Å²) in [6, 6.07) is 14.2. The van der Waals surface area contributed by atoms with Crippen molar-refractivity contribution in [1.29, 1.82) is 0 Å². The molecule has 1 N–H and O–H groups in total. The number of aromatic hydroxyl groups is 1. The number of ether oxygens (including phenoxy) is 1. The van der Waals surface area contributed by atoms with E-state index < -0.39 is 0 Å². The van der Waals surface area contributed by atoms with Gasteiger partial charge in [-0.15, -0.1) is 0 Å². The molecule has 0 saturated heterocycles. The highest BCUT2D eigenvalue weighted by Crippen LogP contribution is 2.27. The van der Waals surface area contributed by atoms with Crippen LogP contribution in [0.4, 0.5) is 0 Å². The van der Waals surface area contributed by atoms with Crippen molar-refractivity contribution in [2.45, 2.75) is 6.61 Å². The Bertz CT molecular complexity index is 718. The van der Waals surface area contributed by atoms with E-state index >= 15 is 0 Å². The first-order chi connectivity index (χ1) is 9.22. The fraction of sp³-hybridized carbons (Fsp3) is 0.0667. The van der Waals surface area contributed by atoms with Gasteiger partial charge in [-0.1, -0.05) is 23.7 Å². The van der Waals surface area contributed by atoms with Crippen LogP contribution in [0.1, 0.15) is 5.76 Å². The van der Waals surface area contributed by atoms with Crippen LogP contribution in [0.25, 0.3) is 11.0 Å². The molecule has 3 nitrogen and oxygen atoms in total. The van der Waals surface area contributed by atoms with Gasteiger partial charge in [0.25, 0.3) is 0 Å². The summed E-state index contributed by atoms with van der Waals surface area (Å²) >= 11 is 5.90. The van der Waals surface area contributed by atoms with E-state index in [0.29, 0.717) is 16.5 Å². The number of hydrogen-bond acceptors (Lipinski definition) is 3. The Morgan fingerprint density at radius 1 is 1.11 bits per heavy atom. The van der Waals surface area contributed by atoms with Gasteiger partial charge in [0.05, 0.1) is 0 Å². The molecule has 3 aromatic rings. The monoisotopic (exact) mass is 274 g/mol. The van der Waals surface area contributed by atoms with Crippen molar-refractivity contribution < 1.29 is 14.3 Å². The summed E-state index contributed by atoms with van der Waals surface area (Å²) in [6.07, 6.45) is 0. The van der Waals surface area contributed by atoms with Crippen LogP contribution >= 0.6 is 11.6 Å². The Morgan fingerprint density at radius 3 is 2.79 bits per heavy atom. The van der Waals surface area contributed by atoms with Gasteiger partial charge in [0.1, 0.15) is 18.0 Å². The third-order valence-corrected chi connectivity index (χ3v) is 3.00. The Balaban J connectivity index is 1.80. The summed E-state index contributed by atoms with van der Waals surface area (Å²) in [5.41, 5.74) is 0.725. The highest BCUT2D eigenvalue weighted by Gasteiger charge is 2.06. The molecule has 4 heteroatoms. The van der Waals surface area contributed by atoms with E-state index in [1.54, 1.807) is 30.3 Å². The summed E-state index contributed by atoms with van der Waals surface area (Å²) < 4.78 is 11.1. The maximum Gasteiger partial charge on any atom is 0.161 e. The quantitative estimate of drug-likeness (QED) is 0.771. The van der Waals surface area contributed by atoms with Crippen molar-refractivity contribution in [1.82, 2.24) is 0 Å². The largest absolute Gasteiger partial charge is 0.504 e. The van der Waals surface area contributed by atoms with Crippen molar-refractivity contribution in [2.24, 2.45) is 0 Å². The number of para-hydroxylation sites is 2. The molecule has 19 heavy (non-hydrogen) atoms. The van der Waals surface area contributed by atoms with Gasteiger partial charge in [-0.3, -0.25) is 0 Å². The lowest BCUT2D eigenvalue weighted by molar-refractivity contribution is 0.262. The van der Waals surface area contributed by atoms with Crippen LogP contribution in [0.15, 0.2) is 52.9 Å².